The summed E-state index contributed by atoms with van der Waals surface area (Å²) in [6, 6.07) is 7.37. The van der Waals surface area contributed by atoms with Crippen LogP contribution in [0.15, 0.2) is 30.5 Å². The lowest BCUT2D eigenvalue weighted by Gasteiger charge is -2.32. The molecule has 1 aliphatic rings. The second-order valence-corrected chi connectivity index (χ2v) is 6.25. The van der Waals surface area contributed by atoms with Crippen LogP contribution in [-0.4, -0.2) is 54.4 Å². The minimum absolute atomic E-state index is 0.0704. The molecule has 0 fully saturated rings. The van der Waals surface area contributed by atoms with Crippen molar-refractivity contribution in [2.45, 2.75) is 26.1 Å². The highest BCUT2D eigenvalue weighted by molar-refractivity contribution is 5.93. The Labute approximate surface area is 150 Å². The summed E-state index contributed by atoms with van der Waals surface area (Å²) in [6.07, 6.45) is 1.70. The number of hydrogen-bond donors (Lipinski definition) is 1. The Morgan fingerprint density at radius 1 is 1.35 bits per heavy atom. The van der Waals surface area contributed by atoms with E-state index in [1.54, 1.807) is 24.3 Å². The average Bonchev–Trinajstić information content (AvgIpc) is 3.30. The summed E-state index contributed by atoms with van der Waals surface area (Å²) < 4.78 is 7.21. The Morgan fingerprint density at radius 2 is 2.23 bits per heavy atom. The average molecular weight is 353 g/mol. The molecule has 1 aliphatic heterocycles. The van der Waals surface area contributed by atoms with Crippen LogP contribution in [0.3, 0.4) is 0 Å². The monoisotopic (exact) mass is 353 g/mol. The number of fused-ring (bicyclic) bond motifs is 1. The van der Waals surface area contributed by atoms with Crippen molar-refractivity contribution in [3.05, 3.63) is 47.8 Å². The van der Waals surface area contributed by atoms with Crippen molar-refractivity contribution in [3.63, 3.8) is 0 Å². The molecular formula is C17H19N7O2. The fourth-order valence-corrected chi connectivity index (χ4v) is 3.24. The Morgan fingerprint density at radius 3 is 3.00 bits per heavy atom. The van der Waals surface area contributed by atoms with Gasteiger partial charge in [0.25, 0.3) is 5.91 Å². The third-order valence-electron chi connectivity index (χ3n) is 4.39. The summed E-state index contributed by atoms with van der Waals surface area (Å²) in [7, 11) is 1.63. The SMILES string of the molecule is COCc1nnc2n1[C@@H](C)CN(C(=O)c1cc(-c3ccccn3)n[nH]1)C2. The van der Waals surface area contributed by atoms with Gasteiger partial charge in [0, 0.05) is 19.9 Å². The van der Waals surface area contributed by atoms with Gasteiger partial charge in [0.05, 0.1) is 18.3 Å². The number of aromatic nitrogens is 6. The number of H-pyrrole nitrogens is 1. The number of carbonyl (C=O) groups excluding carboxylic acids is 1. The molecule has 1 amide bonds. The molecule has 0 spiro atoms. The highest BCUT2D eigenvalue weighted by Crippen LogP contribution is 2.24. The van der Waals surface area contributed by atoms with E-state index in [4.69, 9.17) is 4.74 Å². The van der Waals surface area contributed by atoms with Crippen molar-refractivity contribution in [3.8, 4) is 11.4 Å². The quantitative estimate of drug-likeness (QED) is 0.761. The van der Waals surface area contributed by atoms with E-state index in [-0.39, 0.29) is 11.9 Å². The van der Waals surface area contributed by atoms with Crippen LogP contribution in [-0.2, 0) is 17.9 Å². The molecule has 0 aliphatic carbocycles. The van der Waals surface area contributed by atoms with Gasteiger partial charge in [-0.1, -0.05) is 6.07 Å². The number of nitrogens with one attached hydrogen (secondary N) is 1. The lowest BCUT2D eigenvalue weighted by Crippen LogP contribution is -2.41. The second-order valence-electron chi connectivity index (χ2n) is 6.25. The van der Waals surface area contributed by atoms with Gasteiger partial charge in [-0.25, -0.2) is 0 Å². The topological polar surface area (TPSA) is 102 Å². The Bertz CT molecular complexity index is 918. The normalized spacial score (nSPS) is 16.5. The van der Waals surface area contributed by atoms with Crippen LogP contribution in [0.5, 0.6) is 0 Å². The van der Waals surface area contributed by atoms with Crippen LogP contribution in [0.1, 0.15) is 35.1 Å². The van der Waals surface area contributed by atoms with E-state index in [9.17, 15) is 4.79 Å². The number of ether oxygens (including phenoxy) is 1. The van der Waals surface area contributed by atoms with Gasteiger partial charge in [0.15, 0.2) is 11.6 Å². The molecule has 0 aromatic carbocycles. The molecular weight excluding hydrogens is 334 g/mol. The molecule has 0 radical (unpaired) electrons. The first-order valence-electron chi connectivity index (χ1n) is 8.35. The molecule has 1 atom stereocenters. The Kier molecular flexibility index (Phi) is 4.21. The molecule has 0 unspecified atom stereocenters. The van der Waals surface area contributed by atoms with Crippen molar-refractivity contribution >= 4 is 5.91 Å². The van der Waals surface area contributed by atoms with E-state index in [0.29, 0.717) is 31.1 Å². The number of aromatic amines is 1. The fraction of sp³-hybridized carbons (Fsp3) is 0.353. The highest BCUT2D eigenvalue weighted by atomic mass is 16.5. The Hall–Kier alpha value is -3.07. The molecule has 26 heavy (non-hydrogen) atoms. The lowest BCUT2D eigenvalue weighted by molar-refractivity contribution is 0.0669. The van der Waals surface area contributed by atoms with Gasteiger partial charge in [0.1, 0.15) is 18.0 Å². The van der Waals surface area contributed by atoms with Crippen molar-refractivity contribution < 1.29 is 9.53 Å². The smallest absolute Gasteiger partial charge is 0.272 e. The molecule has 9 nitrogen and oxygen atoms in total. The van der Waals surface area contributed by atoms with E-state index in [1.165, 1.54) is 0 Å². The van der Waals surface area contributed by atoms with Crippen molar-refractivity contribution in [1.82, 2.24) is 34.8 Å². The minimum atomic E-state index is -0.117. The zero-order valence-corrected chi connectivity index (χ0v) is 14.6. The third kappa shape index (κ3) is 2.86. The zero-order valence-electron chi connectivity index (χ0n) is 14.6. The molecule has 4 heterocycles. The molecule has 4 rings (SSSR count). The number of rotatable bonds is 4. The largest absolute Gasteiger partial charge is 0.377 e. The van der Waals surface area contributed by atoms with E-state index in [2.05, 4.69) is 25.4 Å². The molecule has 1 N–H and O–H groups in total. The molecule has 3 aromatic heterocycles. The van der Waals surface area contributed by atoms with E-state index < -0.39 is 0 Å². The summed E-state index contributed by atoms with van der Waals surface area (Å²) >= 11 is 0. The van der Waals surface area contributed by atoms with Gasteiger partial charge < -0.3 is 14.2 Å². The zero-order chi connectivity index (χ0) is 18.1. The van der Waals surface area contributed by atoms with Gasteiger partial charge in [-0.2, -0.15) is 5.10 Å². The molecule has 3 aromatic rings. The maximum Gasteiger partial charge on any atom is 0.272 e. The van der Waals surface area contributed by atoms with Crippen molar-refractivity contribution in [2.75, 3.05) is 13.7 Å². The fourth-order valence-electron chi connectivity index (χ4n) is 3.24. The number of nitrogens with zero attached hydrogens (tertiary/aromatic N) is 6. The van der Waals surface area contributed by atoms with Gasteiger partial charge in [-0.3, -0.25) is 14.9 Å². The maximum atomic E-state index is 12.9. The van der Waals surface area contributed by atoms with Crippen LogP contribution in [0.25, 0.3) is 11.4 Å². The maximum absolute atomic E-state index is 12.9. The first-order chi connectivity index (χ1) is 12.7. The molecule has 0 bridgehead atoms. The first-order valence-corrected chi connectivity index (χ1v) is 8.35. The number of amides is 1. The van der Waals surface area contributed by atoms with E-state index in [0.717, 1.165) is 17.3 Å². The van der Waals surface area contributed by atoms with E-state index >= 15 is 0 Å². The second kappa shape index (κ2) is 6.68. The predicted octanol–water partition coefficient (Wildman–Crippen LogP) is 1.43. The number of pyridine rings is 1. The lowest BCUT2D eigenvalue weighted by atomic mass is 10.2. The van der Waals surface area contributed by atoms with Gasteiger partial charge in [-0.05, 0) is 25.1 Å². The Balaban J connectivity index is 1.55. The molecule has 134 valence electrons. The summed E-state index contributed by atoms with van der Waals surface area (Å²) in [5, 5.41) is 15.4. The number of hydrogen-bond acceptors (Lipinski definition) is 6. The van der Waals surface area contributed by atoms with Gasteiger partial charge in [0.2, 0.25) is 0 Å². The van der Waals surface area contributed by atoms with Gasteiger partial charge in [-0.15, -0.1) is 10.2 Å². The molecule has 0 saturated carbocycles. The highest BCUT2D eigenvalue weighted by Gasteiger charge is 2.30. The summed E-state index contributed by atoms with van der Waals surface area (Å²) in [4.78, 5) is 18.9. The predicted molar refractivity (Wildman–Crippen MR) is 92.0 cm³/mol. The minimum Gasteiger partial charge on any atom is -0.377 e. The number of carbonyl (C=O) groups is 1. The number of methoxy groups -OCH3 is 1. The van der Waals surface area contributed by atoms with Crippen LogP contribution in [0.2, 0.25) is 0 Å². The molecule has 0 saturated heterocycles. The van der Waals surface area contributed by atoms with Gasteiger partial charge >= 0.3 is 0 Å². The summed E-state index contributed by atoms with van der Waals surface area (Å²) in [6.45, 7) is 3.41. The van der Waals surface area contributed by atoms with Crippen molar-refractivity contribution in [2.24, 2.45) is 0 Å². The van der Waals surface area contributed by atoms with Crippen LogP contribution < -0.4 is 0 Å². The van der Waals surface area contributed by atoms with Crippen LogP contribution >= 0.6 is 0 Å². The standard InChI is InChI=1S/C17H19N7O2/c1-11-8-23(9-15-21-22-16(10-26-2)24(11)15)17(25)14-7-13(19-20-14)12-5-3-4-6-18-12/h3-7,11H,8-10H2,1-2H3,(H,19,20)/t11-/m0/s1. The summed E-state index contributed by atoms with van der Waals surface area (Å²) in [5.41, 5.74) is 1.80. The third-order valence-corrected chi connectivity index (χ3v) is 4.39. The summed E-state index contributed by atoms with van der Waals surface area (Å²) in [5.74, 6) is 1.42. The first kappa shape index (κ1) is 16.4. The molecule has 9 heteroatoms. The van der Waals surface area contributed by atoms with Crippen LogP contribution in [0, 0.1) is 0 Å². The van der Waals surface area contributed by atoms with Crippen LogP contribution in [0.4, 0.5) is 0 Å². The van der Waals surface area contributed by atoms with E-state index in [1.807, 2.05) is 29.7 Å². The van der Waals surface area contributed by atoms with Crippen molar-refractivity contribution in [1.29, 1.82) is 0 Å².